The summed E-state index contributed by atoms with van der Waals surface area (Å²) >= 11 is 0. The van der Waals surface area contributed by atoms with E-state index in [1.54, 1.807) is 20.8 Å². The minimum absolute atomic E-state index is 0.0420. The fourth-order valence-corrected chi connectivity index (χ4v) is 1.31. The van der Waals surface area contributed by atoms with Gasteiger partial charge in [0, 0.05) is 6.54 Å². The highest BCUT2D eigenvalue weighted by Gasteiger charge is 2.24. The zero-order chi connectivity index (χ0) is 15.3. The Balaban J connectivity index is 2.74. The van der Waals surface area contributed by atoms with Gasteiger partial charge in [-0.05, 0) is 20.8 Å². The fourth-order valence-electron chi connectivity index (χ4n) is 1.31. The number of nitrogens with two attached hydrogens (primary N) is 1. The van der Waals surface area contributed by atoms with Crippen LogP contribution in [0.4, 0.5) is 4.79 Å². The van der Waals surface area contributed by atoms with Crippen molar-refractivity contribution in [3.05, 3.63) is 17.8 Å². The number of ether oxygens (including phenoxy) is 2. The molecule has 1 aromatic rings. The fraction of sp³-hybridized carbons (Fsp3) is 0.583. The van der Waals surface area contributed by atoms with Gasteiger partial charge in [-0.25, -0.2) is 14.6 Å². The van der Waals surface area contributed by atoms with Gasteiger partial charge in [0.05, 0.1) is 13.3 Å². The molecule has 1 heterocycles. The average Bonchev–Trinajstić information content (AvgIpc) is 2.82. The Morgan fingerprint density at radius 3 is 2.65 bits per heavy atom. The third-order valence-corrected chi connectivity index (χ3v) is 2.13. The summed E-state index contributed by atoms with van der Waals surface area (Å²) in [6.07, 6.45) is 0.561. The van der Waals surface area contributed by atoms with Crippen LogP contribution in [0.15, 0.2) is 10.6 Å². The Morgan fingerprint density at radius 1 is 1.50 bits per heavy atom. The number of esters is 1. The Hall–Kier alpha value is -2.09. The number of oxazole rings is 1. The molecule has 3 N–H and O–H groups in total. The molecule has 1 aromatic heterocycles. The summed E-state index contributed by atoms with van der Waals surface area (Å²) < 4.78 is 14.8. The minimum atomic E-state index is -0.691. The van der Waals surface area contributed by atoms with E-state index in [1.165, 1.54) is 13.3 Å². The summed E-state index contributed by atoms with van der Waals surface area (Å²) in [5.74, 6) is -0.609. The Bertz CT molecular complexity index is 478. The minimum Gasteiger partial charge on any atom is -0.463 e. The number of methoxy groups -OCH3 is 1. The lowest BCUT2D eigenvalue weighted by Gasteiger charge is -2.21. The number of carbonyl (C=O) groups excluding carboxylic acids is 2. The van der Waals surface area contributed by atoms with Gasteiger partial charge in [0.15, 0.2) is 0 Å². The second kappa shape index (κ2) is 6.38. The first kappa shape index (κ1) is 16.0. The van der Waals surface area contributed by atoms with E-state index in [2.05, 4.69) is 15.0 Å². The number of carbonyl (C=O) groups is 2. The standard InChI is InChI=1S/C12H19N3O5/c1-12(2,3)20-11(17)15-7(5-13)9-14-6-8(19-9)10(16)18-4/h6-7H,5,13H2,1-4H3,(H,15,17)/t7-/m0/s1. The van der Waals surface area contributed by atoms with Gasteiger partial charge >= 0.3 is 12.1 Å². The van der Waals surface area contributed by atoms with Gasteiger partial charge < -0.3 is 24.9 Å². The van der Waals surface area contributed by atoms with E-state index < -0.39 is 23.7 Å². The molecule has 0 saturated carbocycles. The van der Waals surface area contributed by atoms with Crippen molar-refractivity contribution in [2.24, 2.45) is 5.73 Å². The molecule has 0 aromatic carbocycles. The second-order valence-electron chi connectivity index (χ2n) is 4.99. The zero-order valence-electron chi connectivity index (χ0n) is 11.9. The number of alkyl carbamates (subject to hydrolysis) is 1. The molecule has 0 unspecified atom stereocenters. The van der Waals surface area contributed by atoms with Gasteiger partial charge in [-0.15, -0.1) is 0 Å². The van der Waals surface area contributed by atoms with Crippen LogP contribution in [0.3, 0.4) is 0 Å². The first-order chi connectivity index (χ1) is 9.26. The van der Waals surface area contributed by atoms with Gasteiger partial charge in [0.1, 0.15) is 11.6 Å². The topological polar surface area (TPSA) is 117 Å². The Kier molecular flexibility index (Phi) is 5.09. The molecule has 0 bridgehead atoms. The monoisotopic (exact) mass is 285 g/mol. The van der Waals surface area contributed by atoms with Crippen LogP contribution in [-0.2, 0) is 9.47 Å². The summed E-state index contributed by atoms with van der Waals surface area (Å²) in [7, 11) is 1.23. The van der Waals surface area contributed by atoms with E-state index in [0.29, 0.717) is 0 Å². The normalized spacial score (nSPS) is 12.7. The lowest BCUT2D eigenvalue weighted by atomic mass is 10.2. The molecule has 8 heteroatoms. The molecule has 0 saturated heterocycles. The highest BCUT2D eigenvalue weighted by molar-refractivity contribution is 5.85. The molecule has 1 atom stereocenters. The molecule has 8 nitrogen and oxygen atoms in total. The van der Waals surface area contributed by atoms with Gasteiger partial charge in [0.25, 0.3) is 0 Å². The predicted molar refractivity (Wildman–Crippen MR) is 69.0 cm³/mol. The van der Waals surface area contributed by atoms with E-state index in [1.807, 2.05) is 0 Å². The van der Waals surface area contributed by atoms with E-state index in [0.717, 1.165) is 0 Å². The summed E-state index contributed by atoms with van der Waals surface area (Å²) in [4.78, 5) is 26.8. The van der Waals surface area contributed by atoms with Crippen molar-refractivity contribution in [1.29, 1.82) is 0 Å². The Labute approximate surface area is 116 Å². The Morgan fingerprint density at radius 2 is 2.15 bits per heavy atom. The molecule has 112 valence electrons. The molecular formula is C12H19N3O5. The van der Waals surface area contributed by atoms with Crippen molar-refractivity contribution in [2.45, 2.75) is 32.4 Å². The first-order valence-electron chi connectivity index (χ1n) is 6.00. The molecule has 0 aliphatic rings. The maximum atomic E-state index is 11.6. The maximum absolute atomic E-state index is 11.6. The number of hydrogen-bond acceptors (Lipinski definition) is 7. The molecule has 0 spiro atoms. The third kappa shape index (κ3) is 4.54. The smallest absolute Gasteiger partial charge is 0.408 e. The van der Waals surface area contributed by atoms with Gasteiger partial charge in [-0.1, -0.05) is 0 Å². The van der Waals surface area contributed by atoms with Gasteiger partial charge in [0.2, 0.25) is 11.7 Å². The van der Waals surface area contributed by atoms with Crippen LogP contribution in [0.1, 0.15) is 43.3 Å². The molecular weight excluding hydrogens is 266 g/mol. The first-order valence-corrected chi connectivity index (χ1v) is 6.00. The highest BCUT2D eigenvalue weighted by atomic mass is 16.6. The summed E-state index contributed by atoms with van der Waals surface area (Å²) in [6.45, 7) is 5.26. The molecule has 0 radical (unpaired) electrons. The van der Waals surface area contributed by atoms with Crippen LogP contribution < -0.4 is 11.1 Å². The highest BCUT2D eigenvalue weighted by Crippen LogP contribution is 2.14. The maximum Gasteiger partial charge on any atom is 0.408 e. The van der Waals surface area contributed by atoms with E-state index in [9.17, 15) is 9.59 Å². The molecule has 20 heavy (non-hydrogen) atoms. The zero-order valence-corrected chi connectivity index (χ0v) is 11.9. The lowest BCUT2D eigenvalue weighted by Crippen LogP contribution is -2.37. The lowest BCUT2D eigenvalue weighted by molar-refractivity contribution is 0.0496. The van der Waals surface area contributed by atoms with Gasteiger partial charge in [-0.3, -0.25) is 0 Å². The summed E-state index contributed by atoms with van der Waals surface area (Å²) in [6, 6.07) is -0.691. The number of amides is 1. The van der Waals surface area contributed by atoms with Crippen LogP contribution in [0.2, 0.25) is 0 Å². The molecule has 1 amide bonds. The third-order valence-electron chi connectivity index (χ3n) is 2.13. The summed E-state index contributed by atoms with van der Waals surface area (Å²) in [5, 5.41) is 2.52. The van der Waals surface area contributed by atoms with Crippen molar-refractivity contribution in [3.8, 4) is 0 Å². The predicted octanol–water partition coefficient (Wildman–Crippen LogP) is 0.986. The van der Waals surface area contributed by atoms with Crippen molar-refractivity contribution < 1.29 is 23.5 Å². The molecule has 1 rings (SSSR count). The number of rotatable bonds is 4. The van der Waals surface area contributed by atoms with E-state index >= 15 is 0 Å². The largest absolute Gasteiger partial charge is 0.463 e. The van der Waals surface area contributed by atoms with Crippen molar-refractivity contribution >= 4 is 12.1 Å². The second-order valence-corrected chi connectivity index (χ2v) is 4.99. The molecule has 0 aliphatic carbocycles. The summed E-state index contributed by atoms with van der Waals surface area (Å²) in [5.41, 5.74) is 4.92. The molecule has 0 aliphatic heterocycles. The van der Waals surface area contributed by atoms with Crippen molar-refractivity contribution in [2.75, 3.05) is 13.7 Å². The SMILES string of the molecule is COC(=O)c1cnc([C@H](CN)NC(=O)OC(C)(C)C)o1. The number of hydrogen-bond donors (Lipinski definition) is 2. The van der Waals surface area contributed by atoms with E-state index in [-0.39, 0.29) is 18.2 Å². The quantitative estimate of drug-likeness (QED) is 0.792. The van der Waals surface area contributed by atoms with Crippen molar-refractivity contribution in [3.63, 3.8) is 0 Å². The average molecular weight is 285 g/mol. The van der Waals surface area contributed by atoms with E-state index in [4.69, 9.17) is 14.9 Å². The van der Waals surface area contributed by atoms with Crippen LogP contribution in [-0.4, -0.2) is 36.3 Å². The number of nitrogens with zero attached hydrogens (tertiary/aromatic N) is 1. The van der Waals surface area contributed by atoms with Gasteiger partial charge in [-0.2, -0.15) is 0 Å². The van der Waals surface area contributed by atoms with Crippen LogP contribution in [0, 0.1) is 0 Å². The van der Waals surface area contributed by atoms with Crippen LogP contribution in [0.5, 0.6) is 0 Å². The number of nitrogens with one attached hydrogen (secondary N) is 1. The van der Waals surface area contributed by atoms with Crippen LogP contribution in [0.25, 0.3) is 0 Å². The van der Waals surface area contributed by atoms with Crippen LogP contribution >= 0.6 is 0 Å². The number of aromatic nitrogens is 1. The van der Waals surface area contributed by atoms with Crippen molar-refractivity contribution in [1.82, 2.24) is 10.3 Å². The molecule has 0 fully saturated rings.